The molecule has 1 aromatic heterocycles. The van der Waals surface area contributed by atoms with Crippen LogP contribution in [-0.4, -0.2) is 23.0 Å². The number of nitrogens with zero attached hydrogens (tertiary/aromatic N) is 1. The molecule has 3 aromatic rings. The molecule has 31 heavy (non-hydrogen) atoms. The van der Waals surface area contributed by atoms with E-state index in [4.69, 9.17) is 39.3 Å². The van der Waals surface area contributed by atoms with Crippen LogP contribution in [0.2, 0.25) is 15.1 Å². The number of carbonyl (C=O) groups is 3. The molecule has 0 bridgehead atoms. The molecule has 0 saturated heterocycles. The minimum Gasteiger partial charge on any atom is -0.360 e. The molecule has 0 aliphatic carbocycles. The number of amides is 4. The maximum atomic E-state index is 13.8. The molecule has 3 rings (SSSR count). The highest BCUT2D eigenvalue weighted by Crippen LogP contribution is 2.36. The SMILES string of the molecule is Cc1onc(-c2c(Cl)cccc2Cl)c1C(=O)NNC(=O)NC(=O)c1c(F)cccc1Cl. The monoisotopic (exact) mass is 484 g/mol. The van der Waals surface area contributed by atoms with Crippen LogP contribution in [-0.2, 0) is 0 Å². The molecule has 0 saturated carbocycles. The van der Waals surface area contributed by atoms with Gasteiger partial charge < -0.3 is 4.52 Å². The van der Waals surface area contributed by atoms with Crippen molar-refractivity contribution in [1.29, 1.82) is 0 Å². The number of benzene rings is 2. The van der Waals surface area contributed by atoms with Crippen LogP contribution in [0.5, 0.6) is 0 Å². The number of hydrogen-bond acceptors (Lipinski definition) is 5. The maximum Gasteiger partial charge on any atom is 0.340 e. The molecular formula is C19H12Cl3FN4O4. The number of halogens is 4. The smallest absolute Gasteiger partial charge is 0.340 e. The van der Waals surface area contributed by atoms with Gasteiger partial charge in [0.05, 0.1) is 20.6 Å². The first kappa shape index (κ1) is 22.5. The molecule has 0 atom stereocenters. The van der Waals surface area contributed by atoms with Crippen molar-refractivity contribution in [3.63, 3.8) is 0 Å². The molecule has 3 N–H and O–H groups in total. The Kier molecular flexibility index (Phi) is 6.79. The van der Waals surface area contributed by atoms with Crippen molar-refractivity contribution in [1.82, 2.24) is 21.3 Å². The summed E-state index contributed by atoms with van der Waals surface area (Å²) in [6.45, 7) is 1.47. The van der Waals surface area contributed by atoms with E-state index in [0.717, 1.165) is 6.07 Å². The Morgan fingerprint density at radius 3 is 2.16 bits per heavy atom. The minimum atomic E-state index is -1.14. The van der Waals surface area contributed by atoms with Gasteiger partial charge in [0.25, 0.3) is 11.8 Å². The topological polar surface area (TPSA) is 113 Å². The van der Waals surface area contributed by atoms with Gasteiger partial charge in [0.2, 0.25) is 0 Å². The van der Waals surface area contributed by atoms with Crippen LogP contribution in [0, 0.1) is 12.7 Å². The summed E-state index contributed by atoms with van der Waals surface area (Å²) < 4.78 is 18.9. The van der Waals surface area contributed by atoms with Gasteiger partial charge in [-0.1, -0.05) is 52.1 Å². The van der Waals surface area contributed by atoms with Crippen molar-refractivity contribution in [3.05, 3.63) is 74.2 Å². The van der Waals surface area contributed by atoms with Crippen LogP contribution < -0.4 is 16.2 Å². The van der Waals surface area contributed by atoms with Crippen molar-refractivity contribution in [3.8, 4) is 11.3 Å². The molecule has 0 radical (unpaired) electrons. The number of urea groups is 1. The largest absolute Gasteiger partial charge is 0.360 e. The second-order valence-electron chi connectivity index (χ2n) is 6.02. The van der Waals surface area contributed by atoms with Crippen molar-refractivity contribution >= 4 is 52.6 Å². The summed E-state index contributed by atoms with van der Waals surface area (Å²) in [5, 5.41) is 5.94. The zero-order valence-electron chi connectivity index (χ0n) is 15.6. The van der Waals surface area contributed by atoms with Crippen LogP contribution in [0.25, 0.3) is 11.3 Å². The zero-order valence-corrected chi connectivity index (χ0v) is 17.8. The molecule has 0 unspecified atom stereocenters. The zero-order chi connectivity index (χ0) is 22.7. The molecule has 12 heteroatoms. The average Bonchev–Trinajstić information content (AvgIpc) is 3.07. The lowest BCUT2D eigenvalue weighted by molar-refractivity contribution is 0.0916. The van der Waals surface area contributed by atoms with E-state index in [0.29, 0.717) is 0 Å². The quantitative estimate of drug-likeness (QED) is 0.472. The summed E-state index contributed by atoms with van der Waals surface area (Å²) in [4.78, 5) is 36.6. The second-order valence-corrected chi connectivity index (χ2v) is 7.24. The predicted molar refractivity (Wildman–Crippen MR) is 112 cm³/mol. The third kappa shape index (κ3) is 4.79. The minimum absolute atomic E-state index is 0.0428. The Hall–Kier alpha value is -3.14. The standard InChI is InChI=1S/C19H12Cl3FN4O4/c1-8-13(16(27-31-8)14-9(20)4-2-5-10(14)21)18(29)25-26-19(30)24-17(28)15-11(22)6-3-7-12(15)23/h2-7H,1H3,(H,25,29)(H2,24,26,28,30). The van der Waals surface area contributed by atoms with Crippen molar-refractivity contribution < 1.29 is 23.3 Å². The van der Waals surface area contributed by atoms with E-state index in [1.165, 1.54) is 19.1 Å². The molecule has 0 fully saturated rings. The fourth-order valence-corrected chi connectivity index (χ4v) is 3.45. The lowest BCUT2D eigenvalue weighted by Crippen LogP contribution is -2.49. The number of imide groups is 1. The van der Waals surface area contributed by atoms with E-state index < -0.39 is 29.2 Å². The predicted octanol–water partition coefficient (Wildman–Crippen LogP) is 4.53. The van der Waals surface area contributed by atoms with Crippen molar-refractivity contribution in [2.24, 2.45) is 0 Å². The van der Waals surface area contributed by atoms with Crippen LogP contribution in [0.4, 0.5) is 9.18 Å². The Morgan fingerprint density at radius 2 is 1.52 bits per heavy atom. The fourth-order valence-electron chi connectivity index (χ4n) is 2.62. The van der Waals surface area contributed by atoms with Gasteiger partial charge in [-0.3, -0.25) is 20.3 Å². The molecule has 0 aliphatic rings. The molecule has 160 valence electrons. The lowest BCUT2D eigenvalue weighted by atomic mass is 10.1. The van der Waals surface area contributed by atoms with Gasteiger partial charge in [-0.15, -0.1) is 0 Å². The van der Waals surface area contributed by atoms with Gasteiger partial charge in [0.15, 0.2) is 0 Å². The van der Waals surface area contributed by atoms with Gasteiger partial charge >= 0.3 is 6.03 Å². The van der Waals surface area contributed by atoms with Crippen molar-refractivity contribution in [2.75, 3.05) is 0 Å². The Balaban J connectivity index is 1.73. The number of hydrogen-bond donors (Lipinski definition) is 3. The van der Waals surface area contributed by atoms with E-state index in [-0.39, 0.29) is 37.6 Å². The summed E-state index contributed by atoms with van der Waals surface area (Å²) in [7, 11) is 0. The average molecular weight is 486 g/mol. The number of aromatic nitrogens is 1. The number of hydrazine groups is 1. The molecule has 8 nitrogen and oxygen atoms in total. The third-order valence-electron chi connectivity index (χ3n) is 4.00. The van der Waals surface area contributed by atoms with Gasteiger partial charge in [0, 0.05) is 5.56 Å². The van der Waals surface area contributed by atoms with Gasteiger partial charge in [-0.25, -0.2) is 14.6 Å². The van der Waals surface area contributed by atoms with E-state index in [2.05, 4.69) is 10.6 Å². The highest BCUT2D eigenvalue weighted by atomic mass is 35.5. The van der Waals surface area contributed by atoms with E-state index in [1.54, 1.807) is 18.2 Å². The summed E-state index contributed by atoms with van der Waals surface area (Å²) in [5.41, 5.74) is 3.83. The first-order valence-electron chi connectivity index (χ1n) is 8.47. The van der Waals surface area contributed by atoms with Crippen LogP contribution in [0.15, 0.2) is 40.9 Å². The van der Waals surface area contributed by atoms with E-state index in [9.17, 15) is 18.8 Å². The first-order valence-corrected chi connectivity index (χ1v) is 9.60. The molecule has 4 amide bonds. The third-order valence-corrected chi connectivity index (χ3v) is 4.94. The molecular weight excluding hydrogens is 474 g/mol. The summed E-state index contributed by atoms with van der Waals surface area (Å²) in [5.74, 6) is -2.71. The number of nitrogens with one attached hydrogen (secondary N) is 3. The first-order chi connectivity index (χ1) is 14.7. The molecule has 0 aliphatic heterocycles. The van der Waals surface area contributed by atoms with Gasteiger partial charge in [0.1, 0.15) is 22.8 Å². The highest BCUT2D eigenvalue weighted by molar-refractivity contribution is 6.39. The number of carbonyl (C=O) groups excluding carboxylic acids is 3. The molecule has 0 spiro atoms. The highest BCUT2D eigenvalue weighted by Gasteiger charge is 2.25. The number of aryl methyl sites for hydroxylation is 1. The Morgan fingerprint density at radius 1 is 0.903 bits per heavy atom. The Labute approximate surface area is 189 Å². The van der Waals surface area contributed by atoms with E-state index in [1.807, 2.05) is 10.7 Å². The van der Waals surface area contributed by atoms with Crippen LogP contribution in [0.3, 0.4) is 0 Å². The molecule has 2 aromatic carbocycles. The van der Waals surface area contributed by atoms with Gasteiger partial charge in [-0.05, 0) is 31.2 Å². The second kappa shape index (κ2) is 9.34. The fraction of sp³-hybridized carbons (Fsp3) is 0.0526. The lowest BCUT2D eigenvalue weighted by Gasteiger charge is -2.10. The van der Waals surface area contributed by atoms with Crippen molar-refractivity contribution in [2.45, 2.75) is 6.92 Å². The summed E-state index contributed by atoms with van der Waals surface area (Å²) in [6, 6.07) is 7.19. The molecule has 1 heterocycles. The maximum absolute atomic E-state index is 13.8. The normalized spacial score (nSPS) is 10.5. The summed E-state index contributed by atoms with van der Waals surface area (Å²) >= 11 is 18.1. The van der Waals surface area contributed by atoms with Crippen LogP contribution >= 0.6 is 34.8 Å². The number of rotatable bonds is 3. The Bertz CT molecular complexity index is 1160. The van der Waals surface area contributed by atoms with E-state index >= 15 is 0 Å². The summed E-state index contributed by atoms with van der Waals surface area (Å²) in [6.07, 6.45) is 0. The van der Waals surface area contributed by atoms with Crippen LogP contribution in [0.1, 0.15) is 26.5 Å². The van der Waals surface area contributed by atoms with Gasteiger partial charge in [-0.2, -0.15) is 0 Å².